The minimum Gasteiger partial charge on any atom is -0.315 e. The third-order valence-electron chi connectivity index (χ3n) is 4.16. The van der Waals surface area contributed by atoms with Crippen molar-refractivity contribution in [3.05, 3.63) is 33.3 Å². The van der Waals surface area contributed by atoms with Gasteiger partial charge in [-0.05, 0) is 65.5 Å². The molecule has 1 N–H and O–H groups in total. The van der Waals surface area contributed by atoms with Crippen molar-refractivity contribution in [2.45, 2.75) is 25.4 Å². The molecule has 3 rings (SSSR count). The summed E-state index contributed by atoms with van der Waals surface area (Å²) in [6.45, 7) is 4.62. The fourth-order valence-electron chi connectivity index (χ4n) is 3.23. The van der Waals surface area contributed by atoms with Gasteiger partial charge in [-0.25, -0.2) is 0 Å². The summed E-state index contributed by atoms with van der Waals surface area (Å²) in [5.41, 5.74) is 1.35. The van der Waals surface area contributed by atoms with Gasteiger partial charge in [-0.3, -0.25) is 4.90 Å². The first kappa shape index (κ1) is 12.9. The van der Waals surface area contributed by atoms with E-state index < -0.39 is 0 Å². The molecule has 0 saturated carbocycles. The average molecular weight is 330 g/mol. The van der Waals surface area contributed by atoms with E-state index in [1.165, 1.54) is 31.5 Å². The smallest absolute Gasteiger partial charge is 0.0548 e. The number of benzene rings is 1. The van der Waals surface area contributed by atoms with Crippen molar-refractivity contribution in [3.63, 3.8) is 0 Å². The first-order valence-electron chi connectivity index (χ1n) is 6.63. The van der Waals surface area contributed by atoms with Gasteiger partial charge in [0, 0.05) is 23.6 Å². The molecule has 2 fully saturated rings. The number of likely N-dealkylation sites (tertiary alicyclic amines) is 1. The molecule has 2 unspecified atom stereocenters. The lowest BCUT2D eigenvalue weighted by Gasteiger charge is -2.37. The van der Waals surface area contributed by atoms with Gasteiger partial charge >= 0.3 is 0 Å². The van der Waals surface area contributed by atoms with Crippen LogP contribution in [0.2, 0.25) is 5.02 Å². The Bertz CT molecular complexity index is 438. The van der Waals surface area contributed by atoms with E-state index in [2.05, 4.69) is 38.3 Å². The largest absolute Gasteiger partial charge is 0.315 e. The van der Waals surface area contributed by atoms with Crippen LogP contribution in [0.1, 0.15) is 18.4 Å². The summed E-state index contributed by atoms with van der Waals surface area (Å²) in [6, 6.07) is 7.00. The lowest BCUT2D eigenvalue weighted by atomic mass is 9.92. The SMILES string of the molecule is Clc1ccc(CN2CCCC3CNCC32)cc1Br. The summed E-state index contributed by atoms with van der Waals surface area (Å²) in [7, 11) is 0. The summed E-state index contributed by atoms with van der Waals surface area (Å²) in [6.07, 6.45) is 2.72. The average Bonchev–Trinajstić information content (AvgIpc) is 2.83. The molecule has 2 saturated heterocycles. The van der Waals surface area contributed by atoms with Gasteiger partial charge in [0.15, 0.2) is 0 Å². The van der Waals surface area contributed by atoms with Crippen molar-refractivity contribution < 1.29 is 0 Å². The molecule has 2 atom stereocenters. The van der Waals surface area contributed by atoms with Crippen LogP contribution in [0.3, 0.4) is 0 Å². The fourth-order valence-corrected chi connectivity index (χ4v) is 3.78. The van der Waals surface area contributed by atoms with Crippen LogP contribution in [0.5, 0.6) is 0 Å². The van der Waals surface area contributed by atoms with Gasteiger partial charge in [0.1, 0.15) is 0 Å². The maximum atomic E-state index is 6.04. The van der Waals surface area contributed by atoms with Crippen LogP contribution in [-0.4, -0.2) is 30.6 Å². The molecule has 0 radical (unpaired) electrons. The number of rotatable bonds is 2. The number of halogens is 2. The van der Waals surface area contributed by atoms with E-state index in [0.29, 0.717) is 0 Å². The van der Waals surface area contributed by atoms with Gasteiger partial charge < -0.3 is 5.32 Å². The van der Waals surface area contributed by atoms with E-state index in [9.17, 15) is 0 Å². The number of nitrogens with one attached hydrogen (secondary N) is 1. The topological polar surface area (TPSA) is 15.3 Å². The molecule has 1 aromatic carbocycles. The van der Waals surface area contributed by atoms with E-state index >= 15 is 0 Å². The number of nitrogens with zero attached hydrogens (tertiary/aromatic N) is 1. The van der Waals surface area contributed by atoms with Crippen molar-refractivity contribution in [2.24, 2.45) is 5.92 Å². The second-order valence-electron chi connectivity index (χ2n) is 5.35. The standard InChI is InChI=1S/C14H18BrClN2/c15-12-6-10(3-4-13(12)16)9-18-5-1-2-11-7-17-8-14(11)18/h3-4,6,11,14,17H,1-2,5,7-9H2. The molecule has 98 valence electrons. The Morgan fingerprint density at radius 1 is 1.39 bits per heavy atom. The predicted molar refractivity (Wildman–Crippen MR) is 78.9 cm³/mol. The first-order valence-corrected chi connectivity index (χ1v) is 7.80. The maximum Gasteiger partial charge on any atom is 0.0548 e. The van der Waals surface area contributed by atoms with E-state index in [0.717, 1.165) is 34.5 Å². The van der Waals surface area contributed by atoms with E-state index in [-0.39, 0.29) is 0 Å². The molecule has 2 aliphatic rings. The Labute approximate surface area is 122 Å². The Balaban J connectivity index is 1.73. The lowest BCUT2D eigenvalue weighted by Crippen LogP contribution is -2.44. The maximum absolute atomic E-state index is 6.04. The van der Waals surface area contributed by atoms with Crippen molar-refractivity contribution in [2.75, 3.05) is 19.6 Å². The zero-order valence-electron chi connectivity index (χ0n) is 10.3. The van der Waals surface area contributed by atoms with Gasteiger partial charge in [-0.2, -0.15) is 0 Å². The van der Waals surface area contributed by atoms with Crippen LogP contribution < -0.4 is 5.32 Å². The first-order chi connectivity index (χ1) is 8.74. The van der Waals surface area contributed by atoms with Crippen LogP contribution >= 0.6 is 27.5 Å². The second-order valence-corrected chi connectivity index (χ2v) is 6.61. The highest BCUT2D eigenvalue weighted by Crippen LogP contribution is 2.29. The minimum atomic E-state index is 0.730. The molecule has 2 aliphatic heterocycles. The molecule has 2 nitrogen and oxygen atoms in total. The summed E-state index contributed by atoms with van der Waals surface area (Å²) >= 11 is 9.55. The Morgan fingerprint density at radius 3 is 3.11 bits per heavy atom. The molecule has 0 aliphatic carbocycles. The molecule has 18 heavy (non-hydrogen) atoms. The molecular weight excluding hydrogens is 312 g/mol. The van der Waals surface area contributed by atoms with Crippen molar-refractivity contribution in [3.8, 4) is 0 Å². The summed E-state index contributed by atoms with van der Waals surface area (Å²) in [5, 5.41) is 4.32. The highest BCUT2D eigenvalue weighted by atomic mass is 79.9. The third kappa shape index (κ3) is 2.60. The Morgan fingerprint density at radius 2 is 2.28 bits per heavy atom. The van der Waals surface area contributed by atoms with Crippen LogP contribution in [0.25, 0.3) is 0 Å². The number of fused-ring (bicyclic) bond motifs is 1. The molecule has 0 bridgehead atoms. The zero-order chi connectivity index (χ0) is 12.5. The molecule has 1 aromatic rings. The molecule has 0 spiro atoms. The quantitative estimate of drug-likeness (QED) is 0.896. The van der Waals surface area contributed by atoms with E-state index in [1.807, 2.05) is 6.07 Å². The van der Waals surface area contributed by atoms with Crippen LogP contribution in [0.15, 0.2) is 22.7 Å². The van der Waals surface area contributed by atoms with Crippen molar-refractivity contribution in [1.29, 1.82) is 0 Å². The molecule has 0 aromatic heterocycles. The normalized spacial score (nSPS) is 28.3. The number of hydrogen-bond acceptors (Lipinski definition) is 2. The minimum absolute atomic E-state index is 0.730. The molecule has 4 heteroatoms. The Hall–Kier alpha value is -0.0900. The van der Waals surface area contributed by atoms with Crippen LogP contribution in [-0.2, 0) is 6.54 Å². The van der Waals surface area contributed by atoms with Crippen molar-refractivity contribution >= 4 is 27.5 Å². The summed E-state index contributed by atoms with van der Waals surface area (Å²) in [4.78, 5) is 2.63. The summed E-state index contributed by atoms with van der Waals surface area (Å²) < 4.78 is 1.000. The highest BCUT2D eigenvalue weighted by Gasteiger charge is 2.34. The Kier molecular flexibility index (Phi) is 3.94. The van der Waals surface area contributed by atoms with Gasteiger partial charge in [0.05, 0.1) is 5.02 Å². The fraction of sp³-hybridized carbons (Fsp3) is 0.571. The van der Waals surface area contributed by atoms with Gasteiger partial charge in [0.25, 0.3) is 0 Å². The molecule has 0 amide bonds. The predicted octanol–water partition coefficient (Wildman–Crippen LogP) is 3.29. The number of hydrogen-bond donors (Lipinski definition) is 1. The molecular formula is C14H18BrClN2. The van der Waals surface area contributed by atoms with Gasteiger partial charge in [-0.1, -0.05) is 17.7 Å². The van der Waals surface area contributed by atoms with Crippen molar-refractivity contribution in [1.82, 2.24) is 10.2 Å². The van der Waals surface area contributed by atoms with E-state index in [1.54, 1.807) is 0 Å². The lowest BCUT2D eigenvalue weighted by molar-refractivity contribution is 0.117. The third-order valence-corrected chi connectivity index (χ3v) is 5.38. The number of piperidine rings is 1. The van der Waals surface area contributed by atoms with Crippen LogP contribution in [0.4, 0.5) is 0 Å². The van der Waals surface area contributed by atoms with Gasteiger partial charge in [0.2, 0.25) is 0 Å². The summed E-state index contributed by atoms with van der Waals surface area (Å²) in [5.74, 6) is 0.856. The zero-order valence-corrected chi connectivity index (χ0v) is 12.7. The van der Waals surface area contributed by atoms with E-state index in [4.69, 9.17) is 11.6 Å². The highest BCUT2D eigenvalue weighted by molar-refractivity contribution is 9.10. The van der Waals surface area contributed by atoms with Crippen LogP contribution in [0, 0.1) is 5.92 Å². The molecule has 2 heterocycles. The second kappa shape index (κ2) is 5.49. The van der Waals surface area contributed by atoms with Gasteiger partial charge in [-0.15, -0.1) is 0 Å². The monoisotopic (exact) mass is 328 g/mol.